The number of anilines is 1. The summed E-state index contributed by atoms with van der Waals surface area (Å²) in [6.07, 6.45) is 2.86. The monoisotopic (exact) mass is 423 g/mol. The predicted octanol–water partition coefficient (Wildman–Crippen LogP) is 4.82. The van der Waals surface area contributed by atoms with Gasteiger partial charge >= 0.3 is 0 Å². The van der Waals surface area contributed by atoms with Crippen LogP contribution < -0.4 is 10.1 Å². The van der Waals surface area contributed by atoms with Gasteiger partial charge in [0.25, 0.3) is 0 Å². The van der Waals surface area contributed by atoms with E-state index >= 15 is 0 Å². The molecular formula is C22H25N5O2S. The number of aromatic nitrogens is 4. The molecule has 0 saturated carbocycles. The first-order chi connectivity index (χ1) is 14.4. The first-order valence-corrected chi connectivity index (χ1v) is 10.8. The van der Waals surface area contributed by atoms with Crippen LogP contribution in [0.2, 0.25) is 0 Å². The smallest absolute Gasteiger partial charge is 0.226 e. The highest BCUT2D eigenvalue weighted by Crippen LogP contribution is 2.29. The number of aryl methyl sites for hydroxylation is 2. The lowest BCUT2D eigenvalue weighted by Crippen LogP contribution is -2.13. The van der Waals surface area contributed by atoms with Gasteiger partial charge in [-0.3, -0.25) is 4.79 Å². The van der Waals surface area contributed by atoms with Crippen LogP contribution >= 0.6 is 11.3 Å². The summed E-state index contributed by atoms with van der Waals surface area (Å²) in [5.41, 5.74) is 4.94. The highest BCUT2D eigenvalue weighted by molar-refractivity contribution is 7.22. The number of carbonyl (C=O) groups is 1. The summed E-state index contributed by atoms with van der Waals surface area (Å²) in [5.74, 6) is 0.719. The summed E-state index contributed by atoms with van der Waals surface area (Å²) in [7, 11) is 1.63. The van der Waals surface area contributed by atoms with E-state index in [1.807, 2.05) is 36.0 Å². The lowest BCUT2D eigenvalue weighted by molar-refractivity contribution is -0.116. The van der Waals surface area contributed by atoms with Crippen LogP contribution in [0, 0.1) is 13.8 Å². The zero-order valence-corrected chi connectivity index (χ0v) is 18.6. The fourth-order valence-corrected chi connectivity index (χ4v) is 4.55. The van der Waals surface area contributed by atoms with E-state index in [1.54, 1.807) is 7.11 Å². The van der Waals surface area contributed by atoms with Crippen molar-refractivity contribution in [2.75, 3.05) is 12.4 Å². The summed E-state index contributed by atoms with van der Waals surface area (Å²) in [6.45, 7) is 8.26. The largest absolute Gasteiger partial charge is 0.497 e. The summed E-state index contributed by atoms with van der Waals surface area (Å²) in [5, 5.41) is 9.05. The highest BCUT2D eigenvalue weighted by atomic mass is 32.1. The maximum Gasteiger partial charge on any atom is 0.226 e. The number of thiazole rings is 1. The van der Waals surface area contributed by atoms with Crippen molar-refractivity contribution in [1.82, 2.24) is 19.7 Å². The number of fused-ring (bicyclic) bond motifs is 2. The number of amides is 1. The van der Waals surface area contributed by atoms with Crippen molar-refractivity contribution in [3.8, 4) is 5.75 Å². The maximum absolute atomic E-state index is 12.6. The van der Waals surface area contributed by atoms with Crippen LogP contribution in [0.3, 0.4) is 0 Å². The van der Waals surface area contributed by atoms with Crippen LogP contribution in [0.1, 0.15) is 43.1 Å². The lowest BCUT2D eigenvalue weighted by atomic mass is 10.0. The second-order valence-electron chi connectivity index (χ2n) is 7.62. The molecule has 0 aliphatic carbocycles. The molecule has 4 rings (SSSR count). The second-order valence-corrected chi connectivity index (χ2v) is 8.65. The van der Waals surface area contributed by atoms with Crippen molar-refractivity contribution in [3.05, 3.63) is 41.2 Å². The molecule has 4 aromatic rings. The molecule has 3 aromatic heterocycles. The Bertz CT molecular complexity index is 1240. The Morgan fingerprint density at radius 1 is 1.27 bits per heavy atom. The zero-order chi connectivity index (χ0) is 21.4. The molecule has 0 spiro atoms. The minimum absolute atomic E-state index is 0.0576. The maximum atomic E-state index is 12.6. The summed E-state index contributed by atoms with van der Waals surface area (Å²) < 4.78 is 8.17. The van der Waals surface area contributed by atoms with Gasteiger partial charge in [0.2, 0.25) is 5.91 Å². The summed E-state index contributed by atoms with van der Waals surface area (Å²) >= 11 is 1.44. The van der Waals surface area contributed by atoms with Crippen molar-refractivity contribution in [3.63, 3.8) is 0 Å². The van der Waals surface area contributed by atoms with Gasteiger partial charge in [-0.15, -0.1) is 0 Å². The molecule has 0 aliphatic rings. The van der Waals surface area contributed by atoms with Crippen LogP contribution in [0.25, 0.3) is 21.3 Å². The number of carbonyl (C=O) groups excluding carboxylic acids is 1. The van der Waals surface area contributed by atoms with Crippen LogP contribution in [-0.2, 0) is 11.2 Å². The summed E-state index contributed by atoms with van der Waals surface area (Å²) in [6, 6.07) is 5.93. The predicted molar refractivity (Wildman–Crippen MR) is 121 cm³/mol. The Morgan fingerprint density at radius 2 is 2.07 bits per heavy atom. The molecule has 0 radical (unpaired) electrons. The van der Waals surface area contributed by atoms with Crippen LogP contribution in [-0.4, -0.2) is 32.8 Å². The third-order valence-electron chi connectivity index (χ3n) is 5.27. The van der Waals surface area contributed by atoms with Crippen LogP contribution in [0.5, 0.6) is 5.75 Å². The average Bonchev–Trinajstić information content (AvgIpc) is 3.30. The van der Waals surface area contributed by atoms with Gasteiger partial charge in [0.1, 0.15) is 5.75 Å². The van der Waals surface area contributed by atoms with E-state index in [2.05, 4.69) is 36.2 Å². The molecule has 0 atom stereocenters. The van der Waals surface area contributed by atoms with Gasteiger partial charge in [-0.1, -0.05) is 11.3 Å². The van der Waals surface area contributed by atoms with E-state index in [0.717, 1.165) is 43.8 Å². The van der Waals surface area contributed by atoms with Crippen molar-refractivity contribution in [2.24, 2.45) is 0 Å². The molecule has 8 heteroatoms. The first-order valence-electron chi connectivity index (χ1n) is 9.95. The Morgan fingerprint density at radius 3 is 2.80 bits per heavy atom. The molecule has 0 bridgehead atoms. The Balaban J connectivity index is 1.49. The molecule has 0 fully saturated rings. The van der Waals surface area contributed by atoms with Crippen molar-refractivity contribution in [1.29, 1.82) is 0 Å². The number of benzene rings is 1. The molecule has 1 amide bonds. The van der Waals surface area contributed by atoms with Crippen molar-refractivity contribution >= 4 is 43.6 Å². The summed E-state index contributed by atoms with van der Waals surface area (Å²) in [4.78, 5) is 21.8. The third-order valence-corrected chi connectivity index (χ3v) is 6.20. The Kier molecular flexibility index (Phi) is 5.42. The molecule has 1 aromatic carbocycles. The SMILES string of the molecule is COc1ccc2nc(NC(=O)CCc3c(C)nc4c(cnn4C(C)C)c3C)sc2c1. The highest BCUT2D eigenvalue weighted by Gasteiger charge is 2.16. The number of methoxy groups -OCH3 is 1. The fraction of sp³-hybridized carbons (Fsp3) is 0.364. The second kappa shape index (κ2) is 8.02. The molecule has 30 heavy (non-hydrogen) atoms. The molecule has 0 aliphatic heterocycles. The molecule has 156 valence electrons. The van der Waals surface area contributed by atoms with Crippen LogP contribution in [0.15, 0.2) is 24.4 Å². The van der Waals surface area contributed by atoms with Crippen molar-refractivity contribution in [2.45, 2.75) is 46.6 Å². The van der Waals surface area contributed by atoms with E-state index in [4.69, 9.17) is 9.72 Å². The molecule has 3 heterocycles. The van der Waals surface area contributed by atoms with E-state index in [1.165, 1.54) is 11.3 Å². The fourth-order valence-electron chi connectivity index (χ4n) is 3.64. The van der Waals surface area contributed by atoms with E-state index < -0.39 is 0 Å². The molecular weight excluding hydrogens is 398 g/mol. The van der Waals surface area contributed by atoms with Gasteiger partial charge in [-0.25, -0.2) is 14.6 Å². The number of nitrogens with zero attached hydrogens (tertiary/aromatic N) is 4. The standard InChI is InChI=1S/C22H25N5O2S/c1-12(2)27-21-17(11-23-27)13(3)16(14(4)24-21)7-9-20(28)26-22-25-18-8-6-15(29-5)10-19(18)30-22/h6,8,10-12H,7,9H2,1-5H3,(H,25,26,28). The third kappa shape index (κ3) is 3.75. The number of hydrogen-bond donors (Lipinski definition) is 1. The zero-order valence-electron chi connectivity index (χ0n) is 17.8. The number of nitrogens with one attached hydrogen (secondary N) is 1. The van der Waals surface area contributed by atoms with E-state index in [0.29, 0.717) is 18.0 Å². The number of pyridine rings is 1. The van der Waals surface area contributed by atoms with Gasteiger partial charge in [0.15, 0.2) is 10.8 Å². The van der Waals surface area contributed by atoms with Gasteiger partial charge < -0.3 is 10.1 Å². The quantitative estimate of drug-likeness (QED) is 0.481. The molecule has 0 unspecified atom stereocenters. The van der Waals surface area contributed by atoms with Gasteiger partial charge in [0, 0.05) is 23.5 Å². The van der Waals surface area contributed by atoms with Gasteiger partial charge in [-0.2, -0.15) is 5.10 Å². The average molecular weight is 424 g/mol. The van der Waals surface area contributed by atoms with Gasteiger partial charge in [-0.05, 0) is 63.4 Å². The molecule has 7 nitrogen and oxygen atoms in total. The topological polar surface area (TPSA) is 81.9 Å². The van der Waals surface area contributed by atoms with Crippen molar-refractivity contribution < 1.29 is 9.53 Å². The Hall–Kier alpha value is -3.00. The number of rotatable bonds is 6. The minimum Gasteiger partial charge on any atom is -0.497 e. The van der Waals surface area contributed by atoms with Crippen LogP contribution in [0.4, 0.5) is 5.13 Å². The first kappa shape index (κ1) is 20.3. The molecule has 1 N–H and O–H groups in total. The van der Waals surface area contributed by atoms with E-state index in [9.17, 15) is 4.79 Å². The van der Waals surface area contributed by atoms with E-state index in [-0.39, 0.29) is 11.9 Å². The molecule has 0 saturated heterocycles. The number of hydrogen-bond acceptors (Lipinski definition) is 6. The minimum atomic E-state index is -0.0576. The van der Waals surface area contributed by atoms with Gasteiger partial charge in [0.05, 0.1) is 23.5 Å². The Labute approximate surface area is 179 Å². The normalized spacial score (nSPS) is 11.5. The lowest BCUT2D eigenvalue weighted by Gasteiger charge is -2.12. The number of ether oxygens (including phenoxy) is 1.